The number of carboxylic acids is 2. The summed E-state index contributed by atoms with van der Waals surface area (Å²) in [5, 5.41) is 26.5. The number of hydrogen-bond acceptors (Lipinski definition) is 9. The van der Waals surface area contributed by atoms with Gasteiger partial charge in [0, 0.05) is 23.4 Å². The van der Waals surface area contributed by atoms with Gasteiger partial charge in [0.2, 0.25) is 5.95 Å². The van der Waals surface area contributed by atoms with Crippen LogP contribution in [0.15, 0.2) is 59.5 Å². The van der Waals surface area contributed by atoms with E-state index >= 15 is 0 Å². The van der Waals surface area contributed by atoms with Crippen LogP contribution >= 0.6 is 0 Å². The number of hydrogen-bond donors (Lipinski definition) is 6. The van der Waals surface area contributed by atoms with Crippen LogP contribution in [0.3, 0.4) is 0 Å². The van der Waals surface area contributed by atoms with Gasteiger partial charge in [-0.05, 0) is 49.2 Å². The molecule has 0 aliphatic carbocycles. The Morgan fingerprint density at radius 3 is 2.46 bits per heavy atom. The summed E-state index contributed by atoms with van der Waals surface area (Å²) in [6.45, 7) is 2.16. The molecular weight excluding hydrogens is 506 g/mol. The topological polar surface area (TPSA) is 199 Å². The van der Waals surface area contributed by atoms with E-state index in [2.05, 4.69) is 35.9 Å². The van der Waals surface area contributed by atoms with Crippen molar-refractivity contribution in [1.82, 2.24) is 25.3 Å². The van der Waals surface area contributed by atoms with Crippen LogP contribution < -0.4 is 21.5 Å². The first kappa shape index (κ1) is 26.7. The monoisotopic (exact) mass is 531 g/mol. The van der Waals surface area contributed by atoms with E-state index in [1.54, 1.807) is 12.1 Å². The lowest BCUT2D eigenvalue weighted by atomic mass is 10.1. The number of amides is 1. The first-order chi connectivity index (χ1) is 18.7. The van der Waals surface area contributed by atoms with E-state index in [-0.39, 0.29) is 42.1 Å². The predicted molar refractivity (Wildman–Crippen MR) is 142 cm³/mol. The molecule has 2 aromatic heterocycles. The molecule has 39 heavy (non-hydrogen) atoms. The molecular formula is C26H25N7O6. The van der Waals surface area contributed by atoms with Crippen LogP contribution in [0.2, 0.25) is 0 Å². The summed E-state index contributed by atoms with van der Waals surface area (Å²) in [7, 11) is 0. The third kappa shape index (κ3) is 6.91. The van der Waals surface area contributed by atoms with Crippen LogP contribution in [0.25, 0.3) is 11.2 Å². The number of carbonyl (C=O) groups excluding carboxylic acids is 1. The number of carbonyl (C=O) groups is 3. The summed E-state index contributed by atoms with van der Waals surface area (Å²) < 4.78 is 0. The van der Waals surface area contributed by atoms with Crippen molar-refractivity contribution in [3.8, 4) is 0 Å². The van der Waals surface area contributed by atoms with Gasteiger partial charge in [0.15, 0.2) is 11.2 Å². The maximum atomic E-state index is 12.6. The maximum absolute atomic E-state index is 12.6. The van der Waals surface area contributed by atoms with Gasteiger partial charge in [-0.15, -0.1) is 0 Å². The van der Waals surface area contributed by atoms with Gasteiger partial charge in [-0.3, -0.25) is 19.4 Å². The SMILES string of the molecule is Cc1ccccc1Nc1nc2ncc(CNc3ccc(C(=O)NC(CCC(=O)O)C(=O)O)cc3)nc2c(=O)[nH]1. The third-order valence-corrected chi connectivity index (χ3v) is 5.74. The Morgan fingerprint density at radius 1 is 1.03 bits per heavy atom. The summed E-state index contributed by atoms with van der Waals surface area (Å²) in [6.07, 6.45) is 0.890. The number of fused-ring (bicyclic) bond motifs is 1. The minimum atomic E-state index is -1.31. The van der Waals surface area contributed by atoms with Gasteiger partial charge in [-0.25, -0.2) is 14.8 Å². The van der Waals surface area contributed by atoms with Gasteiger partial charge >= 0.3 is 11.9 Å². The molecule has 0 aliphatic heterocycles. The Labute approximate surface area is 221 Å². The van der Waals surface area contributed by atoms with Crippen molar-refractivity contribution in [3.05, 3.63) is 81.9 Å². The summed E-state index contributed by atoms with van der Waals surface area (Å²) in [4.78, 5) is 62.7. The second-order valence-electron chi connectivity index (χ2n) is 8.62. The molecule has 0 saturated heterocycles. The van der Waals surface area contributed by atoms with Crippen molar-refractivity contribution in [2.24, 2.45) is 0 Å². The number of rotatable bonds is 11. The van der Waals surface area contributed by atoms with Crippen molar-refractivity contribution in [2.75, 3.05) is 10.6 Å². The average molecular weight is 532 g/mol. The van der Waals surface area contributed by atoms with E-state index in [0.717, 1.165) is 11.3 Å². The molecule has 2 heterocycles. The minimum Gasteiger partial charge on any atom is -0.481 e. The Hall–Kier alpha value is -5.33. The van der Waals surface area contributed by atoms with Crippen molar-refractivity contribution in [1.29, 1.82) is 0 Å². The second kappa shape index (κ2) is 11.8. The quantitative estimate of drug-likeness (QED) is 0.166. The fraction of sp³-hybridized carbons (Fsp3) is 0.192. The molecule has 0 fully saturated rings. The number of benzene rings is 2. The summed E-state index contributed by atoms with van der Waals surface area (Å²) in [5.41, 5.74) is 2.96. The van der Waals surface area contributed by atoms with Crippen LogP contribution in [0.1, 0.15) is 34.5 Å². The molecule has 0 bridgehead atoms. The van der Waals surface area contributed by atoms with Crippen LogP contribution in [-0.2, 0) is 16.1 Å². The molecule has 4 aromatic rings. The summed E-state index contributed by atoms with van der Waals surface area (Å²) >= 11 is 0. The number of para-hydroxylation sites is 1. The first-order valence-electron chi connectivity index (χ1n) is 11.9. The van der Waals surface area contributed by atoms with Crippen molar-refractivity contribution >= 4 is 46.3 Å². The van der Waals surface area contributed by atoms with Crippen LogP contribution in [-0.4, -0.2) is 54.0 Å². The molecule has 13 heteroatoms. The molecule has 4 rings (SSSR count). The van der Waals surface area contributed by atoms with Crippen molar-refractivity contribution < 1.29 is 24.6 Å². The molecule has 1 atom stereocenters. The molecule has 13 nitrogen and oxygen atoms in total. The fourth-order valence-electron chi connectivity index (χ4n) is 3.64. The average Bonchev–Trinajstić information content (AvgIpc) is 2.91. The molecule has 0 spiro atoms. The Bertz CT molecular complexity index is 1590. The minimum absolute atomic E-state index is 0.0903. The zero-order chi connectivity index (χ0) is 27.9. The largest absolute Gasteiger partial charge is 0.481 e. The number of aliphatic carboxylic acids is 2. The number of nitrogens with one attached hydrogen (secondary N) is 4. The second-order valence-corrected chi connectivity index (χ2v) is 8.62. The molecule has 6 N–H and O–H groups in total. The van der Waals surface area contributed by atoms with E-state index < -0.39 is 29.4 Å². The number of aromatic nitrogens is 4. The summed E-state index contributed by atoms with van der Waals surface area (Å²) in [6, 6.07) is 12.5. The fourth-order valence-corrected chi connectivity index (χ4v) is 3.64. The zero-order valence-corrected chi connectivity index (χ0v) is 20.8. The van der Waals surface area contributed by atoms with Gasteiger partial charge in [0.1, 0.15) is 6.04 Å². The predicted octanol–water partition coefficient (Wildman–Crippen LogP) is 2.43. The van der Waals surface area contributed by atoms with Gasteiger partial charge in [-0.2, -0.15) is 4.98 Å². The number of aromatic amines is 1. The lowest BCUT2D eigenvalue weighted by Crippen LogP contribution is -2.41. The van der Waals surface area contributed by atoms with Crippen LogP contribution in [0, 0.1) is 6.92 Å². The standard InChI is InChI=1S/C26H25N7O6/c1-14-4-2-3-5-18(14)31-26-32-22-21(24(37)33-26)29-17(13-28-22)12-27-16-8-6-15(7-9-16)23(36)30-19(25(38)39)10-11-20(34)35/h2-9,13,19,27H,10-12H2,1H3,(H,30,36)(H,34,35)(H,38,39)(H2,28,31,32,33,37). The molecule has 0 saturated carbocycles. The Kier molecular flexibility index (Phi) is 8.09. The van der Waals surface area contributed by atoms with Crippen LogP contribution in [0.5, 0.6) is 0 Å². The highest BCUT2D eigenvalue weighted by Crippen LogP contribution is 2.18. The molecule has 2 aromatic carbocycles. The third-order valence-electron chi connectivity index (χ3n) is 5.74. The van der Waals surface area contributed by atoms with E-state index in [4.69, 9.17) is 5.11 Å². The maximum Gasteiger partial charge on any atom is 0.326 e. The Morgan fingerprint density at radius 2 is 1.77 bits per heavy atom. The van der Waals surface area contributed by atoms with E-state index in [1.165, 1.54) is 18.3 Å². The smallest absolute Gasteiger partial charge is 0.326 e. The molecule has 200 valence electrons. The highest BCUT2D eigenvalue weighted by Gasteiger charge is 2.21. The van der Waals surface area contributed by atoms with Crippen molar-refractivity contribution in [2.45, 2.75) is 32.4 Å². The van der Waals surface area contributed by atoms with Gasteiger partial charge < -0.3 is 26.2 Å². The number of anilines is 3. The molecule has 1 amide bonds. The van der Waals surface area contributed by atoms with Gasteiger partial charge in [-0.1, -0.05) is 18.2 Å². The van der Waals surface area contributed by atoms with Gasteiger partial charge in [0.05, 0.1) is 18.4 Å². The highest BCUT2D eigenvalue weighted by molar-refractivity contribution is 5.97. The van der Waals surface area contributed by atoms with Gasteiger partial charge in [0.25, 0.3) is 11.5 Å². The number of aryl methyl sites for hydroxylation is 1. The van der Waals surface area contributed by atoms with E-state index in [0.29, 0.717) is 11.4 Å². The lowest BCUT2D eigenvalue weighted by Gasteiger charge is -2.14. The molecule has 0 aliphatic rings. The summed E-state index contributed by atoms with van der Waals surface area (Å²) in [5.74, 6) is -2.85. The van der Waals surface area contributed by atoms with E-state index in [1.807, 2.05) is 31.2 Å². The Balaban J connectivity index is 1.39. The molecule has 0 radical (unpaired) electrons. The van der Waals surface area contributed by atoms with Crippen LogP contribution in [0.4, 0.5) is 17.3 Å². The lowest BCUT2D eigenvalue weighted by molar-refractivity contribution is -0.140. The normalized spacial score (nSPS) is 11.5. The zero-order valence-electron chi connectivity index (χ0n) is 20.8. The highest BCUT2D eigenvalue weighted by atomic mass is 16.4. The molecule has 1 unspecified atom stereocenters. The van der Waals surface area contributed by atoms with E-state index in [9.17, 15) is 24.3 Å². The number of H-pyrrole nitrogens is 1. The first-order valence-corrected chi connectivity index (χ1v) is 11.9. The van der Waals surface area contributed by atoms with Crippen molar-refractivity contribution in [3.63, 3.8) is 0 Å². The number of carboxylic acid groups (broad SMARTS) is 2. The number of nitrogens with zero attached hydrogens (tertiary/aromatic N) is 3.